The Morgan fingerprint density at radius 3 is 2.73 bits per heavy atom. The molecule has 0 aromatic heterocycles. The van der Waals surface area contributed by atoms with Crippen LogP contribution in [0.2, 0.25) is 0 Å². The second kappa shape index (κ2) is 4.94. The average molecular weight is 214 g/mol. The van der Waals surface area contributed by atoms with Crippen LogP contribution in [0.4, 0.5) is 0 Å². The molecule has 1 aliphatic heterocycles. The molecule has 1 saturated heterocycles. The maximum Gasteiger partial charge on any atom is 0.241 e. The highest BCUT2D eigenvalue weighted by Gasteiger charge is 2.43. The quantitative estimate of drug-likeness (QED) is 0.741. The van der Waals surface area contributed by atoms with Crippen molar-refractivity contribution in [1.82, 2.24) is 10.2 Å². The molecule has 1 amide bonds. The van der Waals surface area contributed by atoms with Crippen molar-refractivity contribution >= 4 is 5.91 Å². The summed E-state index contributed by atoms with van der Waals surface area (Å²) in [5, 5.41) is 3.36. The van der Waals surface area contributed by atoms with Crippen molar-refractivity contribution in [2.24, 2.45) is 0 Å². The van der Waals surface area contributed by atoms with E-state index in [0.717, 1.165) is 12.8 Å². The lowest BCUT2D eigenvalue weighted by atomic mass is 10.2. The largest absolute Gasteiger partial charge is 0.383 e. The number of carbonyl (C=O) groups is 1. The van der Waals surface area contributed by atoms with Crippen molar-refractivity contribution in [1.29, 1.82) is 0 Å². The van der Waals surface area contributed by atoms with Gasteiger partial charge in [-0.05, 0) is 20.3 Å². The van der Waals surface area contributed by atoms with E-state index in [9.17, 15) is 4.79 Å². The van der Waals surface area contributed by atoms with Gasteiger partial charge in [-0.3, -0.25) is 10.1 Å². The number of nitrogens with zero attached hydrogens (tertiary/aromatic N) is 1. The Bertz CT molecular complexity index is 229. The van der Waals surface area contributed by atoms with Gasteiger partial charge in [-0.25, -0.2) is 0 Å². The lowest BCUT2D eigenvalue weighted by Gasteiger charge is -2.30. The number of ether oxygens (including phenoxy) is 1. The molecular weight excluding hydrogens is 192 g/mol. The Morgan fingerprint density at radius 2 is 2.20 bits per heavy atom. The van der Waals surface area contributed by atoms with Crippen LogP contribution in [-0.2, 0) is 9.53 Å². The van der Waals surface area contributed by atoms with Crippen molar-refractivity contribution in [2.75, 3.05) is 20.3 Å². The van der Waals surface area contributed by atoms with E-state index < -0.39 is 0 Å². The topological polar surface area (TPSA) is 41.6 Å². The number of methoxy groups -OCH3 is 1. The minimum Gasteiger partial charge on any atom is -0.383 e. The second-order valence-electron chi connectivity index (χ2n) is 4.53. The van der Waals surface area contributed by atoms with E-state index in [2.05, 4.69) is 12.2 Å². The van der Waals surface area contributed by atoms with Crippen molar-refractivity contribution in [3.8, 4) is 0 Å². The monoisotopic (exact) mass is 214 g/mol. The minimum absolute atomic E-state index is 0.0122. The molecule has 1 atom stereocenters. The molecule has 0 aromatic carbocycles. The lowest BCUT2D eigenvalue weighted by Crippen LogP contribution is -2.48. The number of amides is 1. The molecule has 0 bridgehead atoms. The molecule has 15 heavy (non-hydrogen) atoms. The van der Waals surface area contributed by atoms with Crippen LogP contribution in [0.5, 0.6) is 0 Å². The summed E-state index contributed by atoms with van der Waals surface area (Å²) in [6.07, 6.45) is 1.93. The zero-order valence-electron chi connectivity index (χ0n) is 10.2. The smallest absolute Gasteiger partial charge is 0.241 e. The van der Waals surface area contributed by atoms with E-state index in [1.54, 1.807) is 7.11 Å². The molecule has 1 rings (SSSR count). The van der Waals surface area contributed by atoms with E-state index in [1.165, 1.54) is 0 Å². The zero-order valence-corrected chi connectivity index (χ0v) is 10.2. The van der Waals surface area contributed by atoms with Gasteiger partial charge in [0.05, 0.1) is 18.3 Å². The number of nitrogens with one attached hydrogen (secondary N) is 1. The maximum absolute atomic E-state index is 12.0. The number of rotatable bonds is 5. The van der Waals surface area contributed by atoms with Crippen LogP contribution in [0.25, 0.3) is 0 Å². The van der Waals surface area contributed by atoms with Gasteiger partial charge in [0.2, 0.25) is 5.91 Å². The standard InChI is InChI=1S/C11H22N2O2/c1-5-6-9-10(14)13(7-8-15-4)11(2,3)12-9/h9,12H,5-8H2,1-4H3/t9-/m0/s1. The van der Waals surface area contributed by atoms with Crippen molar-refractivity contribution in [3.63, 3.8) is 0 Å². The van der Waals surface area contributed by atoms with E-state index >= 15 is 0 Å². The summed E-state index contributed by atoms with van der Waals surface area (Å²) in [7, 11) is 1.66. The molecule has 1 N–H and O–H groups in total. The summed E-state index contributed by atoms with van der Waals surface area (Å²) in [4.78, 5) is 13.9. The summed E-state index contributed by atoms with van der Waals surface area (Å²) >= 11 is 0. The van der Waals surface area contributed by atoms with Gasteiger partial charge in [0.25, 0.3) is 0 Å². The first-order chi connectivity index (χ1) is 7.03. The van der Waals surface area contributed by atoms with E-state index in [1.807, 2.05) is 18.7 Å². The Kier molecular flexibility index (Phi) is 4.11. The number of hydrogen-bond donors (Lipinski definition) is 1. The minimum atomic E-state index is -0.241. The van der Waals surface area contributed by atoms with Gasteiger partial charge in [-0.2, -0.15) is 0 Å². The first kappa shape index (κ1) is 12.5. The molecule has 88 valence electrons. The van der Waals surface area contributed by atoms with Gasteiger partial charge in [-0.15, -0.1) is 0 Å². The van der Waals surface area contributed by atoms with Gasteiger partial charge in [0.1, 0.15) is 0 Å². The van der Waals surface area contributed by atoms with Gasteiger partial charge in [0, 0.05) is 13.7 Å². The fraction of sp³-hybridized carbons (Fsp3) is 0.909. The number of carbonyl (C=O) groups excluding carboxylic acids is 1. The molecule has 4 heteroatoms. The molecular formula is C11H22N2O2. The normalized spacial score (nSPS) is 24.9. The van der Waals surface area contributed by atoms with E-state index in [4.69, 9.17) is 4.74 Å². The van der Waals surface area contributed by atoms with Crippen molar-refractivity contribution < 1.29 is 9.53 Å². The Hall–Kier alpha value is -0.610. The van der Waals surface area contributed by atoms with Gasteiger partial charge < -0.3 is 9.64 Å². The molecule has 0 unspecified atom stereocenters. The summed E-state index contributed by atoms with van der Waals surface area (Å²) in [6, 6.07) is -0.0122. The molecule has 0 aliphatic carbocycles. The summed E-state index contributed by atoms with van der Waals surface area (Å²) in [5.41, 5.74) is -0.241. The lowest BCUT2D eigenvalue weighted by molar-refractivity contribution is -0.132. The van der Waals surface area contributed by atoms with E-state index in [-0.39, 0.29) is 17.6 Å². The first-order valence-electron chi connectivity index (χ1n) is 5.61. The predicted octanol–water partition coefficient (Wildman–Crippen LogP) is 0.969. The third kappa shape index (κ3) is 2.69. The molecule has 0 aromatic rings. The van der Waals surface area contributed by atoms with Crippen LogP contribution in [0.3, 0.4) is 0 Å². The molecule has 1 fully saturated rings. The summed E-state index contributed by atoms with van der Waals surface area (Å²) < 4.78 is 5.02. The van der Waals surface area contributed by atoms with Crippen LogP contribution in [0, 0.1) is 0 Å². The predicted molar refractivity (Wildman–Crippen MR) is 59.5 cm³/mol. The zero-order chi connectivity index (χ0) is 11.5. The Balaban J connectivity index is 2.64. The summed E-state index contributed by atoms with van der Waals surface area (Å²) in [5.74, 6) is 0.207. The maximum atomic E-state index is 12.0. The SMILES string of the molecule is CCC[C@@H]1NC(C)(C)N(CCOC)C1=O. The Morgan fingerprint density at radius 1 is 1.53 bits per heavy atom. The first-order valence-corrected chi connectivity index (χ1v) is 5.61. The van der Waals surface area contributed by atoms with E-state index in [0.29, 0.717) is 13.2 Å². The molecule has 1 heterocycles. The third-order valence-corrected chi connectivity index (χ3v) is 2.86. The Labute approximate surface area is 92.0 Å². The highest BCUT2D eigenvalue weighted by molar-refractivity contribution is 5.85. The second-order valence-corrected chi connectivity index (χ2v) is 4.53. The molecule has 0 radical (unpaired) electrons. The highest BCUT2D eigenvalue weighted by atomic mass is 16.5. The molecule has 0 saturated carbocycles. The fourth-order valence-electron chi connectivity index (χ4n) is 2.09. The van der Waals surface area contributed by atoms with Crippen LogP contribution in [0.15, 0.2) is 0 Å². The molecule has 4 nitrogen and oxygen atoms in total. The van der Waals surface area contributed by atoms with Gasteiger partial charge in [0.15, 0.2) is 0 Å². The van der Waals surface area contributed by atoms with Crippen LogP contribution in [-0.4, -0.2) is 42.8 Å². The van der Waals surface area contributed by atoms with Gasteiger partial charge >= 0.3 is 0 Å². The van der Waals surface area contributed by atoms with Gasteiger partial charge in [-0.1, -0.05) is 13.3 Å². The van der Waals surface area contributed by atoms with Crippen LogP contribution in [0.1, 0.15) is 33.6 Å². The molecule has 1 aliphatic rings. The average Bonchev–Trinajstić information content (AvgIpc) is 2.36. The third-order valence-electron chi connectivity index (χ3n) is 2.86. The molecule has 0 spiro atoms. The van der Waals surface area contributed by atoms with Crippen LogP contribution >= 0.6 is 0 Å². The van der Waals surface area contributed by atoms with Crippen molar-refractivity contribution in [3.05, 3.63) is 0 Å². The number of hydrogen-bond acceptors (Lipinski definition) is 3. The summed E-state index contributed by atoms with van der Waals surface area (Å²) in [6.45, 7) is 7.43. The van der Waals surface area contributed by atoms with Crippen molar-refractivity contribution in [2.45, 2.75) is 45.3 Å². The fourth-order valence-corrected chi connectivity index (χ4v) is 2.09. The highest BCUT2D eigenvalue weighted by Crippen LogP contribution is 2.22. The van der Waals surface area contributed by atoms with Crippen LogP contribution < -0.4 is 5.32 Å².